The third kappa shape index (κ3) is 16.1. The average Bonchev–Trinajstić information content (AvgIpc) is 3.59. The van der Waals surface area contributed by atoms with Crippen molar-refractivity contribution in [1.29, 1.82) is 0 Å². The van der Waals surface area contributed by atoms with Gasteiger partial charge >= 0.3 is 0 Å². The zero-order valence-corrected chi connectivity index (χ0v) is 25.3. The van der Waals surface area contributed by atoms with Crippen molar-refractivity contribution in [3.63, 3.8) is 0 Å². The summed E-state index contributed by atoms with van der Waals surface area (Å²) >= 11 is 0. The first-order valence-corrected chi connectivity index (χ1v) is 14.8. The van der Waals surface area contributed by atoms with Gasteiger partial charge in [-0.25, -0.2) is 0 Å². The van der Waals surface area contributed by atoms with Crippen molar-refractivity contribution in [2.45, 2.75) is 127 Å². The Kier molecular flexibility index (Phi) is 15.6. The maximum atomic E-state index is 2.36. The molecule has 0 fully saturated rings. The Balaban J connectivity index is 0.000000219. The molecule has 0 heteroatoms. The molecule has 0 aromatic heterocycles. The van der Waals surface area contributed by atoms with Crippen molar-refractivity contribution >= 4 is 0 Å². The molecule has 5 aliphatic carbocycles. The van der Waals surface area contributed by atoms with Crippen LogP contribution < -0.4 is 0 Å². The molecule has 35 heavy (non-hydrogen) atoms. The van der Waals surface area contributed by atoms with Crippen LogP contribution in [-0.4, -0.2) is 0 Å². The van der Waals surface area contributed by atoms with E-state index in [1.165, 1.54) is 57.8 Å². The summed E-state index contributed by atoms with van der Waals surface area (Å²) in [6.45, 7) is 22.5. The molecule has 0 radical (unpaired) electrons. The highest BCUT2D eigenvalue weighted by Gasteiger charge is 2.09. The van der Waals surface area contributed by atoms with Gasteiger partial charge in [0.1, 0.15) is 0 Å². The predicted molar refractivity (Wildman–Crippen MR) is 161 cm³/mol. The Hall–Kier alpha value is -1.30. The lowest BCUT2D eigenvalue weighted by atomic mass is 10.1. The summed E-state index contributed by atoms with van der Waals surface area (Å²) in [6.07, 6.45) is 26.1. The average molecular weight is 481 g/mol. The van der Waals surface area contributed by atoms with Crippen molar-refractivity contribution < 1.29 is 0 Å². The van der Waals surface area contributed by atoms with E-state index >= 15 is 0 Å². The lowest BCUT2D eigenvalue weighted by molar-refractivity contribution is 0.591. The Morgan fingerprint density at radius 1 is 0.514 bits per heavy atom. The molecule has 0 aromatic carbocycles. The van der Waals surface area contributed by atoms with Crippen LogP contribution >= 0.6 is 0 Å². The molecule has 5 rings (SSSR count). The summed E-state index contributed by atoms with van der Waals surface area (Å²) < 4.78 is 0. The van der Waals surface area contributed by atoms with Crippen molar-refractivity contribution in [3.8, 4) is 0 Å². The maximum absolute atomic E-state index is 2.36. The highest BCUT2D eigenvalue weighted by atomic mass is 14.1. The first kappa shape index (κ1) is 31.7. The second-order valence-corrected chi connectivity index (χ2v) is 12.8. The maximum Gasteiger partial charge on any atom is -0.0256 e. The second-order valence-electron chi connectivity index (χ2n) is 12.8. The Labute approximate surface area is 221 Å². The van der Waals surface area contributed by atoms with Gasteiger partial charge in [-0.2, -0.15) is 0 Å². The van der Waals surface area contributed by atoms with Crippen LogP contribution in [0.4, 0.5) is 0 Å². The van der Waals surface area contributed by atoms with Gasteiger partial charge in [0, 0.05) is 0 Å². The van der Waals surface area contributed by atoms with Gasteiger partial charge in [-0.1, -0.05) is 100 Å². The second kappa shape index (κ2) is 17.2. The zero-order chi connectivity index (χ0) is 26.4. The molecule has 200 valence electrons. The molecule has 0 N–H and O–H groups in total. The molecule has 0 aromatic rings. The predicted octanol–water partition coefficient (Wildman–Crippen LogP) is 11.7. The van der Waals surface area contributed by atoms with E-state index in [1.807, 2.05) is 0 Å². The lowest BCUT2D eigenvalue weighted by Crippen LogP contribution is -1.86. The molecule has 6 atom stereocenters. The number of allylic oxidation sites excluding steroid dienone is 10. The summed E-state index contributed by atoms with van der Waals surface area (Å²) in [6, 6.07) is 0. The molecular formula is C35H60. The Morgan fingerprint density at radius 2 is 0.886 bits per heavy atom. The van der Waals surface area contributed by atoms with E-state index < -0.39 is 0 Å². The number of rotatable bonds is 0. The molecule has 5 aliphatic rings. The number of hydrogen-bond donors (Lipinski definition) is 0. The zero-order valence-electron chi connectivity index (χ0n) is 25.3. The van der Waals surface area contributed by atoms with Gasteiger partial charge in [0.25, 0.3) is 0 Å². The van der Waals surface area contributed by atoms with E-state index in [-0.39, 0.29) is 0 Å². The molecule has 0 saturated heterocycles. The van der Waals surface area contributed by atoms with E-state index in [1.54, 1.807) is 22.3 Å². The van der Waals surface area contributed by atoms with Gasteiger partial charge < -0.3 is 0 Å². The normalized spacial score (nSPS) is 32.4. The van der Waals surface area contributed by atoms with E-state index in [0.29, 0.717) is 0 Å². The van der Waals surface area contributed by atoms with Crippen LogP contribution in [0.3, 0.4) is 0 Å². The van der Waals surface area contributed by atoms with Crippen LogP contribution in [0.2, 0.25) is 0 Å². The van der Waals surface area contributed by atoms with E-state index in [9.17, 15) is 0 Å². The fourth-order valence-corrected chi connectivity index (χ4v) is 5.58. The monoisotopic (exact) mass is 480 g/mol. The van der Waals surface area contributed by atoms with Crippen LogP contribution in [0.25, 0.3) is 0 Å². The fraction of sp³-hybridized carbons (Fsp3) is 0.714. The largest absolute Gasteiger partial charge is 0.0854 e. The highest BCUT2D eigenvalue weighted by molar-refractivity contribution is 5.07. The Morgan fingerprint density at radius 3 is 0.971 bits per heavy atom. The molecule has 0 nitrogen and oxygen atoms in total. The van der Waals surface area contributed by atoms with Crippen molar-refractivity contribution in [2.75, 3.05) is 0 Å². The molecule has 0 aliphatic heterocycles. The van der Waals surface area contributed by atoms with Gasteiger partial charge in [-0.3, -0.25) is 0 Å². The molecule has 0 bridgehead atoms. The number of hydrogen-bond acceptors (Lipinski definition) is 0. The molecular weight excluding hydrogens is 420 g/mol. The summed E-state index contributed by atoms with van der Waals surface area (Å²) in [5.74, 6) is 5.27. The van der Waals surface area contributed by atoms with Crippen LogP contribution in [0, 0.1) is 35.5 Å². The molecule has 0 spiro atoms. The van der Waals surface area contributed by atoms with Crippen LogP contribution in [0.5, 0.6) is 0 Å². The van der Waals surface area contributed by atoms with Crippen LogP contribution in [-0.2, 0) is 0 Å². The minimum absolute atomic E-state index is 0.843. The topological polar surface area (TPSA) is 0 Å². The first-order chi connectivity index (χ1) is 16.4. The lowest BCUT2D eigenvalue weighted by Gasteiger charge is -1.97. The highest BCUT2D eigenvalue weighted by Crippen LogP contribution is 2.24. The SMILES string of the molecule is CC1=CC(C)CC1.CC1=CC(C)CC1.CC1=CCC(C)C1.CC1=CCC(C)C1.CC1C=CC(C)C1. The van der Waals surface area contributed by atoms with Gasteiger partial charge in [0.2, 0.25) is 0 Å². The van der Waals surface area contributed by atoms with E-state index in [4.69, 9.17) is 0 Å². The van der Waals surface area contributed by atoms with Gasteiger partial charge in [-0.05, 0) is 121 Å². The smallest absolute Gasteiger partial charge is 0.0256 e. The quantitative estimate of drug-likeness (QED) is 0.302. The first-order valence-electron chi connectivity index (χ1n) is 14.8. The minimum Gasteiger partial charge on any atom is -0.0854 e. The van der Waals surface area contributed by atoms with Gasteiger partial charge in [0.05, 0.1) is 0 Å². The van der Waals surface area contributed by atoms with Gasteiger partial charge in [0.15, 0.2) is 0 Å². The molecule has 0 amide bonds. The minimum atomic E-state index is 0.843. The molecule has 6 unspecified atom stereocenters. The summed E-state index contributed by atoms with van der Waals surface area (Å²) in [5.41, 5.74) is 6.31. The van der Waals surface area contributed by atoms with E-state index in [0.717, 1.165) is 35.5 Å². The van der Waals surface area contributed by atoms with Crippen molar-refractivity contribution in [1.82, 2.24) is 0 Å². The summed E-state index contributed by atoms with van der Waals surface area (Å²) in [5, 5.41) is 0. The standard InChI is InChI=1S/5C7H12/c5*1-6-3-4-7(2)5-6/h2*5-6H,3-4H2,1-2H3;2*3,7H,4-5H2,1-2H3;3-4,6-7H,5H2,1-2H3. The van der Waals surface area contributed by atoms with E-state index in [2.05, 4.69) is 106 Å². The molecule has 0 heterocycles. The molecule has 0 saturated carbocycles. The van der Waals surface area contributed by atoms with Crippen molar-refractivity contribution in [3.05, 3.63) is 58.7 Å². The Bertz CT molecular complexity index is 678. The third-order valence-electron chi connectivity index (χ3n) is 7.72. The summed E-state index contributed by atoms with van der Waals surface area (Å²) in [7, 11) is 0. The summed E-state index contributed by atoms with van der Waals surface area (Å²) in [4.78, 5) is 0. The van der Waals surface area contributed by atoms with Crippen molar-refractivity contribution in [2.24, 2.45) is 35.5 Å². The third-order valence-corrected chi connectivity index (χ3v) is 7.72. The fourth-order valence-electron chi connectivity index (χ4n) is 5.58. The van der Waals surface area contributed by atoms with Gasteiger partial charge in [-0.15, -0.1) is 0 Å². The van der Waals surface area contributed by atoms with Crippen LogP contribution in [0.1, 0.15) is 127 Å². The van der Waals surface area contributed by atoms with Crippen LogP contribution in [0.15, 0.2) is 58.7 Å².